The molecule has 0 aliphatic heterocycles. The van der Waals surface area contributed by atoms with Gasteiger partial charge in [0.25, 0.3) is 5.69 Å². The van der Waals surface area contributed by atoms with E-state index < -0.39 is 4.92 Å². The lowest BCUT2D eigenvalue weighted by Crippen LogP contribution is -2.30. The standard InChI is InChI=1S/C22H21N3O4S/c26-17-10-8-14(9-11-17)19-13-30-22(23-19)24-21(18-6-1-2-7-20(18)27)15-4-3-5-16(12-15)25(28)29/h3-5,8-13,18,21,26H,1-2,6-7H2,(H,23,24). The first kappa shape index (κ1) is 20.0. The molecule has 30 heavy (non-hydrogen) atoms. The highest BCUT2D eigenvalue weighted by Crippen LogP contribution is 2.37. The lowest BCUT2D eigenvalue weighted by atomic mass is 9.80. The number of nitro groups is 1. The van der Waals surface area contributed by atoms with Crippen molar-refractivity contribution in [1.29, 1.82) is 0 Å². The molecule has 7 nitrogen and oxygen atoms in total. The lowest BCUT2D eigenvalue weighted by Gasteiger charge is -2.30. The quantitative estimate of drug-likeness (QED) is 0.410. The number of nitrogens with zero attached hydrogens (tertiary/aromatic N) is 2. The Hall–Kier alpha value is -3.26. The summed E-state index contributed by atoms with van der Waals surface area (Å²) < 4.78 is 0. The number of phenols is 1. The van der Waals surface area contributed by atoms with Gasteiger partial charge in [0, 0.05) is 35.4 Å². The van der Waals surface area contributed by atoms with E-state index in [4.69, 9.17) is 0 Å². The van der Waals surface area contributed by atoms with Gasteiger partial charge in [0.05, 0.1) is 16.7 Å². The summed E-state index contributed by atoms with van der Waals surface area (Å²) in [4.78, 5) is 28.1. The van der Waals surface area contributed by atoms with Crippen LogP contribution < -0.4 is 5.32 Å². The molecule has 1 aliphatic rings. The molecule has 8 heteroatoms. The molecule has 1 fully saturated rings. The number of phenolic OH excluding ortho intramolecular Hbond substituents is 1. The molecule has 0 spiro atoms. The average Bonchev–Trinajstić information content (AvgIpc) is 3.22. The first-order chi connectivity index (χ1) is 14.5. The molecule has 3 aromatic rings. The lowest BCUT2D eigenvalue weighted by molar-refractivity contribution is -0.384. The number of Topliss-reactive ketones (excluding diaryl/α,β-unsaturated/α-hetero) is 1. The summed E-state index contributed by atoms with van der Waals surface area (Å²) in [6, 6.07) is 12.9. The molecule has 1 aliphatic carbocycles. The minimum absolute atomic E-state index is 0.00600. The molecular weight excluding hydrogens is 402 g/mol. The summed E-state index contributed by atoms with van der Waals surface area (Å²) in [6.45, 7) is 0. The highest BCUT2D eigenvalue weighted by atomic mass is 32.1. The van der Waals surface area contributed by atoms with Crippen LogP contribution >= 0.6 is 11.3 Å². The number of carbonyl (C=O) groups is 1. The van der Waals surface area contributed by atoms with E-state index in [-0.39, 0.29) is 29.2 Å². The minimum Gasteiger partial charge on any atom is -0.508 e. The van der Waals surface area contributed by atoms with Gasteiger partial charge in [-0.3, -0.25) is 14.9 Å². The van der Waals surface area contributed by atoms with Crippen molar-refractivity contribution >= 4 is 27.9 Å². The molecule has 2 aromatic carbocycles. The Morgan fingerprint density at radius 2 is 2.00 bits per heavy atom. The summed E-state index contributed by atoms with van der Waals surface area (Å²) in [7, 11) is 0. The van der Waals surface area contributed by atoms with Gasteiger partial charge in [-0.25, -0.2) is 4.98 Å². The van der Waals surface area contributed by atoms with Crippen LogP contribution in [0.2, 0.25) is 0 Å². The number of benzene rings is 2. The minimum atomic E-state index is -0.421. The number of rotatable bonds is 6. The Morgan fingerprint density at radius 3 is 2.73 bits per heavy atom. The van der Waals surface area contributed by atoms with Gasteiger partial charge in [-0.1, -0.05) is 18.6 Å². The molecule has 0 radical (unpaired) electrons. The van der Waals surface area contributed by atoms with E-state index in [0.717, 1.165) is 30.5 Å². The largest absolute Gasteiger partial charge is 0.508 e. The molecule has 1 aromatic heterocycles. The Bertz CT molecular complexity index is 1060. The van der Waals surface area contributed by atoms with Crippen molar-refractivity contribution in [2.45, 2.75) is 31.7 Å². The second kappa shape index (κ2) is 8.62. The molecule has 0 amide bonds. The number of nitrogens with one attached hydrogen (secondary N) is 1. The van der Waals surface area contributed by atoms with Crippen molar-refractivity contribution in [3.63, 3.8) is 0 Å². The number of hydrogen-bond acceptors (Lipinski definition) is 7. The Labute approximate surface area is 177 Å². The molecule has 0 saturated heterocycles. The van der Waals surface area contributed by atoms with Crippen LogP contribution in [0.15, 0.2) is 53.9 Å². The van der Waals surface area contributed by atoms with Gasteiger partial charge in [0.15, 0.2) is 5.13 Å². The molecule has 2 atom stereocenters. The third-order valence-electron chi connectivity index (χ3n) is 5.39. The van der Waals surface area contributed by atoms with Gasteiger partial charge in [-0.05, 0) is 42.7 Å². The summed E-state index contributed by atoms with van der Waals surface area (Å²) in [6.07, 6.45) is 3.13. The van der Waals surface area contributed by atoms with Crippen molar-refractivity contribution in [2.75, 3.05) is 5.32 Å². The molecular formula is C22H21N3O4S. The number of ketones is 1. The summed E-state index contributed by atoms with van der Waals surface area (Å²) >= 11 is 1.42. The second-order valence-corrected chi connectivity index (χ2v) is 8.24. The molecule has 4 rings (SSSR count). The Kier molecular flexibility index (Phi) is 5.76. The predicted molar refractivity (Wildman–Crippen MR) is 116 cm³/mol. The van der Waals surface area contributed by atoms with E-state index in [9.17, 15) is 20.0 Å². The zero-order valence-electron chi connectivity index (χ0n) is 16.2. The topological polar surface area (TPSA) is 105 Å². The van der Waals surface area contributed by atoms with Crippen molar-refractivity contribution in [3.05, 3.63) is 69.6 Å². The van der Waals surface area contributed by atoms with Crippen molar-refractivity contribution in [3.8, 4) is 17.0 Å². The van der Waals surface area contributed by atoms with E-state index in [2.05, 4.69) is 10.3 Å². The first-order valence-electron chi connectivity index (χ1n) is 9.80. The van der Waals surface area contributed by atoms with Gasteiger partial charge in [0.1, 0.15) is 11.5 Å². The van der Waals surface area contributed by atoms with Crippen LogP contribution in [-0.4, -0.2) is 20.8 Å². The fourth-order valence-electron chi connectivity index (χ4n) is 3.85. The van der Waals surface area contributed by atoms with Crippen LogP contribution in [-0.2, 0) is 4.79 Å². The van der Waals surface area contributed by atoms with E-state index in [1.165, 1.54) is 23.5 Å². The van der Waals surface area contributed by atoms with E-state index in [1.54, 1.807) is 30.3 Å². The molecule has 1 saturated carbocycles. The maximum atomic E-state index is 12.7. The van der Waals surface area contributed by atoms with Gasteiger partial charge in [-0.2, -0.15) is 0 Å². The van der Waals surface area contributed by atoms with Crippen molar-refractivity contribution < 1.29 is 14.8 Å². The smallest absolute Gasteiger partial charge is 0.269 e. The van der Waals surface area contributed by atoms with E-state index in [1.807, 2.05) is 11.4 Å². The summed E-state index contributed by atoms with van der Waals surface area (Å²) in [5.74, 6) is 0.122. The van der Waals surface area contributed by atoms with Crippen molar-refractivity contribution in [1.82, 2.24) is 4.98 Å². The molecule has 2 unspecified atom stereocenters. The number of aromatic nitrogens is 1. The van der Waals surface area contributed by atoms with Crippen LogP contribution in [0.1, 0.15) is 37.3 Å². The van der Waals surface area contributed by atoms with Gasteiger partial charge in [-0.15, -0.1) is 11.3 Å². The zero-order chi connectivity index (χ0) is 21.1. The zero-order valence-corrected chi connectivity index (χ0v) is 17.0. The summed E-state index contributed by atoms with van der Waals surface area (Å²) in [5, 5.41) is 26.7. The van der Waals surface area contributed by atoms with E-state index in [0.29, 0.717) is 17.1 Å². The highest BCUT2D eigenvalue weighted by molar-refractivity contribution is 7.14. The van der Waals surface area contributed by atoms with Gasteiger partial charge in [0.2, 0.25) is 0 Å². The van der Waals surface area contributed by atoms with Gasteiger partial charge < -0.3 is 10.4 Å². The number of nitro benzene ring substituents is 1. The summed E-state index contributed by atoms with van der Waals surface area (Å²) in [5.41, 5.74) is 2.35. The maximum absolute atomic E-state index is 12.7. The van der Waals surface area contributed by atoms with Crippen LogP contribution in [0, 0.1) is 16.0 Å². The van der Waals surface area contributed by atoms with Crippen LogP contribution in [0.4, 0.5) is 10.8 Å². The second-order valence-electron chi connectivity index (χ2n) is 7.38. The maximum Gasteiger partial charge on any atom is 0.269 e. The van der Waals surface area contributed by atoms with Crippen LogP contribution in [0.3, 0.4) is 0 Å². The molecule has 154 valence electrons. The fourth-order valence-corrected chi connectivity index (χ4v) is 4.61. The normalized spacial score (nSPS) is 17.5. The third kappa shape index (κ3) is 4.33. The number of hydrogen-bond donors (Lipinski definition) is 2. The van der Waals surface area contributed by atoms with Crippen molar-refractivity contribution in [2.24, 2.45) is 5.92 Å². The number of non-ortho nitro benzene ring substituents is 1. The Balaban J connectivity index is 1.65. The molecule has 1 heterocycles. The first-order valence-corrected chi connectivity index (χ1v) is 10.7. The number of carbonyl (C=O) groups excluding carboxylic acids is 1. The predicted octanol–water partition coefficient (Wildman–Crippen LogP) is 5.34. The number of aromatic hydroxyl groups is 1. The SMILES string of the molecule is O=C1CCCCC1C(Nc1nc(-c2ccc(O)cc2)cs1)c1cccc([N+](=O)[O-])c1. The third-order valence-corrected chi connectivity index (χ3v) is 6.16. The Morgan fingerprint density at radius 1 is 1.20 bits per heavy atom. The van der Waals surface area contributed by atoms with Crippen LogP contribution in [0.25, 0.3) is 11.3 Å². The monoisotopic (exact) mass is 423 g/mol. The fraction of sp³-hybridized carbons (Fsp3) is 0.273. The van der Waals surface area contributed by atoms with Gasteiger partial charge >= 0.3 is 0 Å². The molecule has 2 N–H and O–H groups in total. The molecule has 0 bridgehead atoms. The van der Waals surface area contributed by atoms with Crippen LogP contribution in [0.5, 0.6) is 5.75 Å². The van der Waals surface area contributed by atoms with E-state index >= 15 is 0 Å². The average molecular weight is 423 g/mol. The highest BCUT2D eigenvalue weighted by Gasteiger charge is 2.32. The number of thiazole rings is 1. The number of anilines is 1.